The largest absolute Gasteiger partial charge is 0.310 e. The van der Waals surface area contributed by atoms with Gasteiger partial charge in [-0.25, -0.2) is 9.97 Å². The van der Waals surface area contributed by atoms with Gasteiger partial charge in [-0.05, 0) is 25.5 Å². The monoisotopic (exact) mass is 245 g/mol. The Balaban J connectivity index is 2.01. The lowest BCUT2D eigenvalue weighted by Crippen LogP contribution is -2.22. The van der Waals surface area contributed by atoms with E-state index in [2.05, 4.69) is 33.4 Å². The summed E-state index contributed by atoms with van der Waals surface area (Å²) in [6.07, 6.45) is 9.16. The predicted octanol–water partition coefficient (Wildman–Crippen LogP) is 1.49. The van der Waals surface area contributed by atoms with Gasteiger partial charge in [-0.15, -0.1) is 0 Å². The van der Waals surface area contributed by atoms with Gasteiger partial charge < -0.3 is 5.32 Å². The van der Waals surface area contributed by atoms with Crippen LogP contribution in [0.4, 0.5) is 0 Å². The number of aryl methyl sites for hydroxylation is 2. The van der Waals surface area contributed by atoms with Crippen LogP contribution in [-0.2, 0) is 13.5 Å². The van der Waals surface area contributed by atoms with Gasteiger partial charge in [-0.1, -0.05) is 6.92 Å². The highest BCUT2D eigenvalue weighted by molar-refractivity contribution is 5.10. The van der Waals surface area contributed by atoms with Gasteiger partial charge in [0, 0.05) is 42.9 Å². The summed E-state index contributed by atoms with van der Waals surface area (Å²) in [6, 6.07) is 2.36. The normalized spacial score (nSPS) is 12.6. The van der Waals surface area contributed by atoms with Crippen LogP contribution in [0.2, 0.25) is 0 Å². The number of nitrogens with one attached hydrogen (secondary N) is 1. The minimum absolute atomic E-state index is 0.297. The first-order valence-electron chi connectivity index (χ1n) is 6.26. The van der Waals surface area contributed by atoms with Crippen molar-refractivity contribution >= 4 is 0 Å². The Bertz CT molecular complexity index is 465. The Kier molecular flexibility index (Phi) is 4.41. The second kappa shape index (κ2) is 6.26. The second-order valence-electron chi connectivity index (χ2n) is 4.27. The van der Waals surface area contributed by atoms with E-state index in [-0.39, 0.29) is 0 Å². The summed E-state index contributed by atoms with van der Waals surface area (Å²) in [5.74, 6) is 0. The zero-order valence-corrected chi connectivity index (χ0v) is 10.9. The van der Waals surface area contributed by atoms with E-state index in [0.29, 0.717) is 6.04 Å². The van der Waals surface area contributed by atoms with E-state index in [1.807, 2.05) is 30.3 Å². The Morgan fingerprint density at radius 1 is 1.33 bits per heavy atom. The fourth-order valence-electron chi connectivity index (χ4n) is 2.06. The van der Waals surface area contributed by atoms with Crippen molar-refractivity contribution in [1.82, 2.24) is 25.1 Å². The minimum atomic E-state index is 0.297. The van der Waals surface area contributed by atoms with Crippen molar-refractivity contribution in [3.05, 3.63) is 42.2 Å². The molecule has 0 bridgehead atoms. The van der Waals surface area contributed by atoms with Crippen molar-refractivity contribution in [3.63, 3.8) is 0 Å². The summed E-state index contributed by atoms with van der Waals surface area (Å²) in [7, 11) is 1.98. The maximum atomic E-state index is 4.18. The molecule has 0 radical (unpaired) electrons. The van der Waals surface area contributed by atoms with Crippen molar-refractivity contribution in [2.45, 2.75) is 25.8 Å². The van der Waals surface area contributed by atoms with Gasteiger partial charge in [0.25, 0.3) is 0 Å². The number of hydrogen-bond acceptors (Lipinski definition) is 4. The highest BCUT2D eigenvalue weighted by atomic mass is 15.2. The smallest absolute Gasteiger partial charge is 0.115 e. The average Bonchev–Trinajstić information content (AvgIpc) is 2.81. The van der Waals surface area contributed by atoms with E-state index >= 15 is 0 Å². The topological polar surface area (TPSA) is 55.6 Å². The number of rotatable bonds is 6. The van der Waals surface area contributed by atoms with Gasteiger partial charge >= 0.3 is 0 Å². The standard InChI is InChI=1S/C13H19N5/c1-3-16-13(11-8-14-10-15-9-11)5-4-12-6-7-17-18(12)2/h6-10,13,16H,3-5H2,1-2H3. The summed E-state index contributed by atoms with van der Waals surface area (Å²) in [4.78, 5) is 8.16. The molecule has 1 N–H and O–H groups in total. The molecule has 5 nitrogen and oxygen atoms in total. The van der Waals surface area contributed by atoms with E-state index in [0.717, 1.165) is 24.9 Å². The lowest BCUT2D eigenvalue weighted by Gasteiger charge is -2.17. The van der Waals surface area contributed by atoms with Gasteiger partial charge in [0.05, 0.1) is 0 Å². The van der Waals surface area contributed by atoms with E-state index < -0.39 is 0 Å². The quantitative estimate of drug-likeness (QED) is 0.838. The Morgan fingerprint density at radius 3 is 2.72 bits per heavy atom. The zero-order valence-electron chi connectivity index (χ0n) is 10.9. The molecule has 0 aliphatic rings. The molecule has 1 atom stereocenters. The van der Waals surface area contributed by atoms with Crippen LogP contribution in [0.1, 0.15) is 30.6 Å². The molecular formula is C13H19N5. The molecule has 18 heavy (non-hydrogen) atoms. The van der Waals surface area contributed by atoms with Crippen LogP contribution < -0.4 is 5.32 Å². The first kappa shape index (κ1) is 12.7. The summed E-state index contributed by atoms with van der Waals surface area (Å²) in [6.45, 7) is 3.05. The average molecular weight is 245 g/mol. The Morgan fingerprint density at radius 2 is 2.11 bits per heavy atom. The van der Waals surface area contributed by atoms with Crippen molar-refractivity contribution in [3.8, 4) is 0 Å². The summed E-state index contributed by atoms with van der Waals surface area (Å²) in [5.41, 5.74) is 2.39. The van der Waals surface area contributed by atoms with Gasteiger partial charge in [-0.3, -0.25) is 4.68 Å². The highest BCUT2D eigenvalue weighted by Gasteiger charge is 2.11. The SMILES string of the molecule is CCNC(CCc1ccnn1C)c1cncnc1. The third kappa shape index (κ3) is 3.13. The summed E-state index contributed by atoms with van der Waals surface area (Å²) in [5, 5.41) is 7.66. The summed E-state index contributed by atoms with van der Waals surface area (Å²) >= 11 is 0. The first-order valence-corrected chi connectivity index (χ1v) is 6.26. The molecule has 0 amide bonds. The molecule has 2 aromatic heterocycles. The lowest BCUT2D eigenvalue weighted by atomic mass is 10.0. The Hall–Kier alpha value is -1.75. The maximum absolute atomic E-state index is 4.18. The fraction of sp³-hybridized carbons (Fsp3) is 0.462. The van der Waals surface area contributed by atoms with E-state index in [1.54, 1.807) is 6.33 Å². The molecule has 2 heterocycles. The van der Waals surface area contributed by atoms with Crippen LogP contribution in [0.25, 0.3) is 0 Å². The van der Waals surface area contributed by atoms with Crippen LogP contribution >= 0.6 is 0 Å². The molecule has 0 fully saturated rings. The van der Waals surface area contributed by atoms with Crippen molar-refractivity contribution < 1.29 is 0 Å². The van der Waals surface area contributed by atoms with E-state index in [1.165, 1.54) is 5.69 Å². The van der Waals surface area contributed by atoms with Gasteiger partial charge in [0.15, 0.2) is 0 Å². The van der Waals surface area contributed by atoms with Crippen LogP contribution in [0.15, 0.2) is 31.0 Å². The molecule has 0 aliphatic heterocycles. The van der Waals surface area contributed by atoms with Gasteiger partial charge in [-0.2, -0.15) is 5.10 Å². The lowest BCUT2D eigenvalue weighted by molar-refractivity contribution is 0.503. The van der Waals surface area contributed by atoms with Crippen LogP contribution in [0, 0.1) is 0 Å². The maximum Gasteiger partial charge on any atom is 0.115 e. The molecule has 0 spiro atoms. The zero-order chi connectivity index (χ0) is 12.8. The van der Waals surface area contributed by atoms with Gasteiger partial charge in [0.1, 0.15) is 6.33 Å². The number of nitrogens with zero attached hydrogens (tertiary/aromatic N) is 4. The molecule has 0 aliphatic carbocycles. The summed E-state index contributed by atoms with van der Waals surface area (Å²) < 4.78 is 1.92. The molecule has 5 heteroatoms. The van der Waals surface area contributed by atoms with Crippen LogP contribution in [0.3, 0.4) is 0 Å². The van der Waals surface area contributed by atoms with E-state index in [4.69, 9.17) is 0 Å². The van der Waals surface area contributed by atoms with Crippen molar-refractivity contribution in [2.75, 3.05) is 6.54 Å². The van der Waals surface area contributed by atoms with Crippen LogP contribution in [0.5, 0.6) is 0 Å². The third-order valence-electron chi connectivity index (χ3n) is 3.05. The minimum Gasteiger partial charge on any atom is -0.310 e. The van der Waals surface area contributed by atoms with Crippen LogP contribution in [-0.4, -0.2) is 26.3 Å². The number of aromatic nitrogens is 4. The molecule has 96 valence electrons. The molecule has 2 aromatic rings. The van der Waals surface area contributed by atoms with Gasteiger partial charge in [0.2, 0.25) is 0 Å². The molecular weight excluding hydrogens is 226 g/mol. The second-order valence-corrected chi connectivity index (χ2v) is 4.27. The molecule has 1 unspecified atom stereocenters. The number of hydrogen-bond donors (Lipinski definition) is 1. The predicted molar refractivity (Wildman–Crippen MR) is 70.0 cm³/mol. The van der Waals surface area contributed by atoms with Crippen molar-refractivity contribution in [2.24, 2.45) is 7.05 Å². The molecule has 0 saturated heterocycles. The molecule has 0 aromatic carbocycles. The molecule has 0 saturated carbocycles. The Labute approximate surface area is 107 Å². The highest BCUT2D eigenvalue weighted by Crippen LogP contribution is 2.17. The third-order valence-corrected chi connectivity index (χ3v) is 3.05. The molecule has 2 rings (SSSR count). The van der Waals surface area contributed by atoms with E-state index in [9.17, 15) is 0 Å². The fourth-order valence-corrected chi connectivity index (χ4v) is 2.06. The first-order chi connectivity index (χ1) is 8.81. The van der Waals surface area contributed by atoms with Crippen molar-refractivity contribution in [1.29, 1.82) is 0 Å².